The molecule has 1 aromatic carbocycles. The van der Waals surface area contributed by atoms with Gasteiger partial charge in [-0.25, -0.2) is 0 Å². The van der Waals surface area contributed by atoms with Crippen molar-refractivity contribution in [2.75, 3.05) is 0 Å². The molecule has 0 spiro atoms. The molecule has 6 nitrogen and oxygen atoms in total. The summed E-state index contributed by atoms with van der Waals surface area (Å²) < 4.78 is 0. The Morgan fingerprint density at radius 1 is 1.25 bits per heavy atom. The number of carbonyl (C=O) groups is 1. The van der Waals surface area contributed by atoms with E-state index in [1.807, 2.05) is 6.07 Å². The monoisotopic (exact) mass is 272 g/mol. The summed E-state index contributed by atoms with van der Waals surface area (Å²) >= 11 is 0. The number of carboxylic acids is 1. The standard InChI is InChI=1S/C14H12N2O4/c17-14(18)11(9-10-5-2-1-3-6-10)13-12(16(19)20)7-4-8-15-13/h1-8,11H,9H2,(H,17,18). The van der Waals surface area contributed by atoms with Crippen molar-refractivity contribution in [1.82, 2.24) is 4.98 Å². The third kappa shape index (κ3) is 2.97. The molecular weight excluding hydrogens is 260 g/mol. The minimum absolute atomic E-state index is 0.0196. The first-order valence-corrected chi connectivity index (χ1v) is 5.95. The fourth-order valence-electron chi connectivity index (χ4n) is 1.98. The van der Waals surface area contributed by atoms with Crippen molar-refractivity contribution in [3.05, 3.63) is 70.0 Å². The third-order valence-corrected chi connectivity index (χ3v) is 2.92. The van der Waals surface area contributed by atoms with Crippen molar-refractivity contribution in [2.24, 2.45) is 0 Å². The Morgan fingerprint density at radius 2 is 1.95 bits per heavy atom. The molecule has 0 saturated heterocycles. The quantitative estimate of drug-likeness (QED) is 0.666. The highest BCUT2D eigenvalue weighted by Crippen LogP contribution is 2.27. The molecular formula is C14H12N2O4. The molecule has 0 bridgehead atoms. The number of carboxylic acid groups (broad SMARTS) is 1. The maximum Gasteiger partial charge on any atom is 0.313 e. The zero-order valence-electron chi connectivity index (χ0n) is 10.5. The van der Waals surface area contributed by atoms with Gasteiger partial charge in [-0.15, -0.1) is 0 Å². The Hall–Kier alpha value is -2.76. The number of benzene rings is 1. The van der Waals surface area contributed by atoms with Crippen LogP contribution in [0.15, 0.2) is 48.7 Å². The van der Waals surface area contributed by atoms with Crippen molar-refractivity contribution in [2.45, 2.75) is 12.3 Å². The van der Waals surface area contributed by atoms with Gasteiger partial charge in [-0.1, -0.05) is 30.3 Å². The molecule has 1 aromatic heterocycles. The van der Waals surface area contributed by atoms with Gasteiger partial charge in [0, 0.05) is 12.3 Å². The molecule has 0 aliphatic carbocycles. The smallest absolute Gasteiger partial charge is 0.313 e. The normalized spacial score (nSPS) is 11.8. The Bertz CT molecular complexity index is 628. The third-order valence-electron chi connectivity index (χ3n) is 2.92. The van der Waals surface area contributed by atoms with Gasteiger partial charge in [0.2, 0.25) is 0 Å². The summed E-state index contributed by atoms with van der Waals surface area (Å²) in [6.07, 6.45) is 1.53. The van der Waals surface area contributed by atoms with E-state index in [1.165, 1.54) is 18.3 Å². The zero-order valence-corrected chi connectivity index (χ0v) is 10.5. The van der Waals surface area contributed by atoms with Crippen LogP contribution in [0.2, 0.25) is 0 Å². The van der Waals surface area contributed by atoms with Crippen LogP contribution in [-0.4, -0.2) is 21.0 Å². The van der Waals surface area contributed by atoms with Crippen molar-refractivity contribution < 1.29 is 14.8 Å². The van der Waals surface area contributed by atoms with Crippen molar-refractivity contribution in [1.29, 1.82) is 0 Å². The van der Waals surface area contributed by atoms with E-state index in [2.05, 4.69) is 4.98 Å². The molecule has 1 N–H and O–H groups in total. The van der Waals surface area contributed by atoms with Crippen LogP contribution in [0.3, 0.4) is 0 Å². The number of nitro groups is 1. The molecule has 6 heteroatoms. The maximum atomic E-state index is 11.4. The Morgan fingerprint density at radius 3 is 2.55 bits per heavy atom. The summed E-state index contributed by atoms with van der Waals surface area (Å²) in [6, 6.07) is 11.7. The number of nitrogens with zero attached hydrogens (tertiary/aromatic N) is 2. The summed E-state index contributed by atoms with van der Waals surface area (Å²) in [5, 5.41) is 20.3. The summed E-state index contributed by atoms with van der Waals surface area (Å²) in [5.41, 5.74) is 0.504. The largest absolute Gasteiger partial charge is 0.481 e. The van der Waals surface area contributed by atoms with E-state index >= 15 is 0 Å². The number of rotatable bonds is 5. The number of hydrogen-bond donors (Lipinski definition) is 1. The molecule has 0 amide bonds. The van der Waals surface area contributed by atoms with Crippen molar-refractivity contribution in [3.63, 3.8) is 0 Å². The number of hydrogen-bond acceptors (Lipinski definition) is 4. The van der Waals surface area contributed by atoms with Gasteiger partial charge in [-0.3, -0.25) is 19.9 Å². The second kappa shape index (κ2) is 5.92. The van der Waals surface area contributed by atoms with Gasteiger partial charge in [0.25, 0.3) is 5.69 Å². The minimum Gasteiger partial charge on any atom is -0.481 e. The van der Waals surface area contributed by atoms with Crippen LogP contribution < -0.4 is 0 Å². The van der Waals surface area contributed by atoms with Gasteiger partial charge < -0.3 is 5.11 Å². The van der Waals surface area contributed by atoms with E-state index in [9.17, 15) is 20.0 Å². The SMILES string of the molecule is O=C(O)C(Cc1ccccc1)c1ncccc1[N+](=O)[O-]. The lowest BCUT2D eigenvalue weighted by Gasteiger charge is -2.11. The van der Waals surface area contributed by atoms with Gasteiger partial charge in [-0.2, -0.15) is 0 Å². The van der Waals surface area contributed by atoms with Crippen molar-refractivity contribution >= 4 is 11.7 Å². The highest BCUT2D eigenvalue weighted by molar-refractivity contribution is 5.77. The van der Waals surface area contributed by atoms with Crippen molar-refractivity contribution in [3.8, 4) is 0 Å². The molecule has 1 unspecified atom stereocenters. The fraction of sp³-hybridized carbons (Fsp3) is 0.143. The van der Waals surface area contributed by atoms with Gasteiger partial charge >= 0.3 is 5.97 Å². The van der Waals surface area contributed by atoms with Gasteiger partial charge in [0.1, 0.15) is 11.6 Å². The molecule has 1 heterocycles. The van der Waals surface area contributed by atoms with E-state index in [0.717, 1.165) is 5.56 Å². The van der Waals surface area contributed by atoms with Crippen LogP contribution in [-0.2, 0) is 11.2 Å². The first-order chi connectivity index (χ1) is 9.59. The van der Waals surface area contributed by atoms with Crippen LogP contribution in [0, 0.1) is 10.1 Å². The number of aromatic nitrogens is 1. The predicted molar refractivity (Wildman–Crippen MR) is 71.4 cm³/mol. The van der Waals surface area contributed by atoms with E-state index in [0.29, 0.717) is 0 Å². The lowest BCUT2D eigenvalue weighted by Crippen LogP contribution is -2.17. The fourth-order valence-corrected chi connectivity index (χ4v) is 1.98. The lowest BCUT2D eigenvalue weighted by molar-refractivity contribution is -0.386. The highest BCUT2D eigenvalue weighted by Gasteiger charge is 2.29. The van der Waals surface area contributed by atoms with Gasteiger partial charge in [0.05, 0.1) is 4.92 Å². The average molecular weight is 272 g/mol. The number of pyridine rings is 1. The molecule has 0 aliphatic heterocycles. The maximum absolute atomic E-state index is 11.4. The van der Waals surface area contributed by atoms with Crippen LogP contribution in [0.1, 0.15) is 17.2 Å². The Balaban J connectivity index is 2.39. The molecule has 0 aliphatic rings. The molecule has 20 heavy (non-hydrogen) atoms. The van der Waals surface area contributed by atoms with Gasteiger partial charge in [-0.05, 0) is 18.1 Å². The molecule has 0 fully saturated rings. The van der Waals surface area contributed by atoms with E-state index < -0.39 is 16.8 Å². The number of aliphatic carboxylic acids is 1. The van der Waals surface area contributed by atoms with Crippen LogP contribution in [0.25, 0.3) is 0 Å². The van der Waals surface area contributed by atoms with E-state index in [1.54, 1.807) is 24.3 Å². The summed E-state index contributed by atoms with van der Waals surface area (Å²) in [4.78, 5) is 25.7. The van der Waals surface area contributed by atoms with Crippen LogP contribution >= 0.6 is 0 Å². The lowest BCUT2D eigenvalue weighted by atomic mass is 9.95. The summed E-state index contributed by atoms with van der Waals surface area (Å²) in [7, 11) is 0. The zero-order chi connectivity index (χ0) is 14.5. The van der Waals surface area contributed by atoms with E-state index in [-0.39, 0.29) is 17.8 Å². The minimum atomic E-state index is -1.13. The van der Waals surface area contributed by atoms with Gasteiger partial charge in [0.15, 0.2) is 0 Å². The first-order valence-electron chi connectivity index (χ1n) is 5.95. The molecule has 0 radical (unpaired) electrons. The second-order valence-electron chi connectivity index (χ2n) is 4.25. The molecule has 2 aromatic rings. The summed E-state index contributed by atoms with van der Waals surface area (Å²) in [5.74, 6) is -2.17. The Kier molecular flexibility index (Phi) is 4.05. The second-order valence-corrected chi connectivity index (χ2v) is 4.25. The molecule has 2 rings (SSSR count). The topological polar surface area (TPSA) is 93.3 Å². The van der Waals surface area contributed by atoms with E-state index in [4.69, 9.17) is 0 Å². The average Bonchev–Trinajstić information content (AvgIpc) is 2.45. The molecule has 0 saturated carbocycles. The summed E-state index contributed by atoms with van der Waals surface area (Å²) in [6.45, 7) is 0. The Labute approximate surface area is 114 Å². The first kappa shape index (κ1) is 13.7. The highest BCUT2D eigenvalue weighted by atomic mass is 16.6. The molecule has 102 valence electrons. The predicted octanol–water partition coefficient (Wildman–Crippen LogP) is 2.40. The van der Waals surface area contributed by atoms with Crippen LogP contribution in [0.4, 0.5) is 5.69 Å². The molecule has 1 atom stereocenters. The van der Waals surface area contributed by atoms with Crippen LogP contribution in [0.5, 0.6) is 0 Å².